The van der Waals surface area contributed by atoms with Crippen molar-refractivity contribution in [1.82, 2.24) is 5.32 Å². The van der Waals surface area contributed by atoms with E-state index in [2.05, 4.69) is 5.32 Å². The van der Waals surface area contributed by atoms with Crippen LogP contribution in [0.15, 0.2) is 0 Å². The van der Waals surface area contributed by atoms with Crippen LogP contribution in [0.25, 0.3) is 0 Å². The average Bonchev–Trinajstić information content (AvgIpc) is 2.20. The lowest BCUT2D eigenvalue weighted by Gasteiger charge is -2.27. The highest BCUT2D eigenvalue weighted by Crippen LogP contribution is 2.23. The van der Waals surface area contributed by atoms with Crippen LogP contribution in [0.1, 0.15) is 25.7 Å². The highest BCUT2D eigenvalue weighted by molar-refractivity contribution is 4.76. The summed E-state index contributed by atoms with van der Waals surface area (Å²) >= 11 is 0. The first kappa shape index (κ1) is 11.9. The Morgan fingerprint density at radius 3 is 2.64 bits per heavy atom. The Hall–Kier alpha value is -0.160. The van der Waals surface area contributed by atoms with Gasteiger partial charge in [-0.05, 0) is 18.8 Å². The molecule has 0 amide bonds. The Bertz CT molecular complexity index is 154. The van der Waals surface area contributed by atoms with Crippen molar-refractivity contribution >= 4 is 0 Å². The topological polar surface area (TPSA) is 72.7 Å². The molecule has 0 radical (unpaired) electrons. The predicted octanol–water partition coefficient (Wildman–Crippen LogP) is -0.520. The molecule has 14 heavy (non-hydrogen) atoms. The maximum Gasteiger partial charge on any atom is 0.0894 e. The Morgan fingerprint density at radius 1 is 1.29 bits per heavy atom. The van der Waals surface area contributed by atoms with Gasteiger partial charge in [0.25, 0.3) is 0 Å². The number of rotatable bonds is 5. The van der Waals surface area contributed by atoms with Gasteiger partial charge in [0, 0.05) is 13.1 Å². The third kappa shape index (κ3) is 3.92. The van der Waals surface area contributed by atoms with Gasteiger partial charge >= 0.3 is 0 Å². The van der Waals surface area contributed by atoms with Crippen LogP contribution in [-0.4, -0.2) is 47.2 Å². The van der Waals surface area contributed by atoms with E-state index in [-0.39, 0.29) is 12.7 Å². The second kappa shape index (κ2) is 6.35. The van der Waals surface area contributed by atoms with Gasteiger partial charge in [0.2, 0.25) is 0 Å². The van der Waals surface area contributed by atoms with Crippen LogP contribution in [-0.2, 0) is 0 Å². The molecule has 4 N–H and O–H groups in total. The average molecular weight is 203 g/mol. The van der Waals surface area contributed by atoms with Crippen LogP contribution in [0.2, 0.25) is 0 Å². The van der Waals surface area contributed by atoms with E-state index in [0.29, 0.717) is 12.5 Å². The van der Waals surface area contributed by atoms with Crippen molar-refractivity contribution < 1.29 is 15.3 Å². The lowest BCUT2D eigenvalue weighted by atomic mass is 9.86. The van der Waals surface area contributed by atoms with Gasteiger partial charge in [-0.25, -0.2) is 0 Å². The molecule has 3 unspecified atom stereocenters. The highest BCUT2D eigenvalue weighted by Gasteiger charge is 2.22. The summed E-state index contributed by atoms with van der Waals surface area (Å²) in [6.45, 7) is 0.929. The molecule has 0 aromatic heterocycles. The summed E-state index contributed by atoms with van der Waals surface area (Å²) in [7, 11) is 0. The van der Waals surface area contributed by atoms with E-state index in [1.165, 1.54) is 6.42 Å². The van der Waals surface area contributed by atoms with Gasteiger partial charge in [-0.1, -0.05) is 12.8 Å². The molecule has 0 heterocycles. The smallest absolute Gasteiger partial charge is 0.0894 e. The number of aliphatic hydroxyl groups excluding tert-OH is 3. The van der Waals surface area contributed by atoms with Crippen LogP contribution in [0.3, 0.4) is 0 Å². The van der Waals surface area contributed by atoms with Crippen LogP contribution < -0.4 is 5.32 Å². The minimum atomic E-state index is -0.685. The second-order valence-corrected chi connectivity index (χ2v) is 4.11. The van der Waals surface area contributed by atoms with E-state index in [1.807, 2.05) is 0 Å². The molecule has 84 valence electrons. The van der Waals surface area contributed by atoms with E-state index in [4.69, 9.17) is 10.2 Å². The summed E-state index contributed by atoms with van der Waals surface area (Å²) in [5.41, 5.74) is 0. The van der Waals surface area contributed by atoms with Gasteiger partial charge < -0.3 is 20.6 Å². The Balaban J connectivity index is 2.10. The van der Waals surface area contributed by atoms with E-state index < -0.39 is 6.10 Å². The monoisotopic (exact) mass is 203 g/mol. The SMILES string of the molecule is OCC(O)CNCC1CCCCC1O. The van der Waals surface area contributed by atoms with Crippen molar-refractivity contribution in [3.05, 3.63) is 0 Å². The van der Waals surface area contributed by atoms with Crippen LogP contribution >= 0.6 is 0 Å². The van der Waals surface area contributed by atoms with E-state index in [9.17, 15) is 5.11 Å². The minimum Gasteiger partial charge on any atom is -0.394 e. The van der Waals surface area contributed by atoms with Crippen LogP contribution in [0.4, 0.5) is 0 Å². The summed E-state index contributed by atoms with van der Waals surface area (Å²) in [6, 6.07) is 0. The zero-order chi connectivity index (χ0) is 10.4. The fraction of sp³-hybridized carbons (Fsp3) is 1.00. The van der Waals surface area contributed by atoms with Gasteiger partial charge in [-0.2, -0.15) is 0 Å². The molecule has 0 saturated heterocycles. The van der Waals surface area contributed by atoms with Gasteiger partial charge in [0.1, 0.15) is 0 Å². The minimum absolute atomic E-state index is 0.192. The first-order valence-electron chi connectivity index (χ1n) is 5.41. The van der Waals surface area contributed by atoms with E-state index >= 15 is 0 Å². The van der Waals surface area contributed by atoms with Crippen molar-refractivity contribution in [3.8, 4) is 0 Å². The first-order valence-corrected chi connectivity index (χ1v) is 5.41. The molecule has 3 atom stereocenters. The lowest BCUT2D eigenvalue weighted by Crippen LogP contribution is -2.37. The van der Waals surface area contributed by atoms with Crippen LogP contribution in [0.5, 0.6) is 0 Å². The van der Waals surface area contributed by atoms with E-state index in [0.717, 1.165) is 25.8 Å². The molecule has 0 bridgehead atoms. The number of nitrogens with one attached hydrogen (secondary N) is 1. The third-order valence-electron chi connectivity index (χ3n) is 2.87. The number of hydrogen-bond donors (Lipinski definition) is 4. The number of aliphatic hydroxyl groups is 3. The Labute approximate surface area is 85.0 Å². The van der Waals surface area contributed by atoms with Crippen molar-refractivity contribution in [2.45, 2.75) is 37.9 Å². The van der Waals surface area contributed by atoms with Crippen molar-refractivity contribution in [1.29, 1.82) is 0 Å². The first-order chi connectivity index (χ1) is 6.74. The summed E-state index contributed by atoms with van der Waals surface area (Å²) in [5, 5.41) is 30.4. The maximum atomic E-state index is 9.64. The molecule has 4 nitrogen and oxygen atoms in total. The molecule has 0 aliphatic heterocycles. The van der Waals surface area contributed by atoms with Crippen molar-refractivity contribution in [2.24, 2.45) is 5.92 Å². The molecule has 1 saturated carbocycles. The molecular weight excluding hydrogens is 182 g/mol. The predicted molar refractivity (Wildman–Crippen MR) is 53.9 cm³/mol. The highest BCUT2D eigenvalue weighted by atomic mass is 16.3. The van der Waals surface area contributed by atoms with E-state index in [1.54, 1.807) is 0 Å². The van der Waals surface area contributed by atoms with Crippen LogP contribution in [0, 0.1) is 5.92 Å². The molecule has 4 heteroatoms. The standard InChI is InChI=1S/C10H21NO3/c12-7-9(13)6-11-5-8-3-1-2-4-10(8)14/h8-14H,1-7H2. The fourth-order valence-electron chi connectivity index (χ4n) is 1.93. The van der Waals surface area contributed by atoms with Crippen molar-refractivity contribution in [3.63, 3.8) is 0 Å². The Kier molecular flexibility index (Phi) is 5.40. The molecule has 1 rings (SSSR count). The molecule has 1 aliphatic carbocycles. The molecule has 0 spiro atoms. The fourth-order valence-corrected chi connectivity index (χ4v) is 1.93. The Morgan fingerprint density at radius 2 is 2.00 bits per heavy atom. The molecule has 1 aliphatic rings. The van der Waals surface area contributed by atoms with Gasteiger partial charge in [-0.3, -0.25) is 0 Å². The van der Waals surface area contributed by atoms with Gasteiger partial charge in [-0.15, -0.1) is 0 Å². The zero-order valence-electron chi connectivity index (χ0n) is 8.52. The van der Waals surface area contributed by atoms with Gasteiger partial charge in [0.05, 0.1) is 18.8 Å². The largest absolute Gasteiger partial charge is 0.394 e. The summed E-state index contributed by atoms with van der Waals surface area (Å²) in [4.78, 5) is 0. The summed E-state index contributed by atoms with van der Waals surface area (Å²) in [6.07, 6.45) is 3.39. The van der Waals surface area contributed by atoms with Crippen molar-refractivity contribution in [2.75, 3.05) is 19.7 Å². The normalized spacial score (nSPS) is 30.2. The zero-order valence-corrected chi connectivity index (χ0v) is 8.52. The second-order valence-electron chi connectivity index (χ2n) is 4.11. The summed E-state index contributed by atoms with van der Waals surface area (Å²) < 4.78 is 0. The van der Waals surface area contributed by atoms with Gasteiger partial charge in [0.15, 0.2) is 0 Å². The molecule has 1 fully saturated rings. The lowest BCUT2D eigenvalue weighted by molar-refractivity contribution is 0.0617. The molecular formula is C10H21NO3. The third-order valence-corrected chi connectivity index (χ3v) is 2.87. The molecule has 0 aromatic carbocycles. The quantitative estimate of drug-likeness (QED) is 0.485. The summed E-state index contributed by atoms with van der Waals surface area (Å²) in [5.74, 6) is 0.314. The maximum absolute atomic E-state index is 9.64. The number of hydrogen-bond acceptors (Lipinski definition) is 4. The molecule has 0 aromatic rings.